The van der Waals surface area contributed by atoms with Crippen LogP contribution in [0.15, 0.2) is 30.3 Å². The first-order chi connectivity index (χ1) is 15.6. The zero-order valence-electron chi connectivity index (χ0n) is 19.6. The van der Waals surface area contributed by atoms with Crippen LogP contribution in [0, 0.1) is 5.41 Å². The Hall–Kier alpha value is -2.81. The maximum Gasteiger partial charge on any atom is 0.407 e. The van der Waals surface area contributed by atoms with Crippen molar-refractivity contribution in [2.24, 2.45) is 5.41 Å². The standard InChI is InChI=1S/C24H34N4O5/c1-24(2,3)20-13-17(11-12-26(20)23(31)32)25-21(29)19-10-9-18-14-27(19)22(30)28(18)33-15-16-7-5-4-6-8-16/h4-8,17-20H,9-15H2,1-3H3,(H,25,29)(H,31,32). The molecule has 3 saturated heterocycles. The van der Waals surface area contributed by atoms with Crippen LogP contribution in [0.4, 0.5) is 9.59 Å². The third-order valence-electron chi connectivity index (χ3n) is 7.03. The van der Waals surface area contributed by atoms with Gasteiger partial charge in [-0.15, -0.1) is 0 Å². The molecule has 2 bridgehead atoms. The summed E-state index contributed by atoms with van der Waals surface area (Å²) < 4.78 is 0. The summed E-state index contributed by atoms with van der Waals surface area (Å²) in [5.41, 5.74) is 0.749. The lowest BCUT2D eigenvalue weighted by Gasteiger charge is -2.45. The number of likely N-dealkylation sites (tertiary alicyclic amines) is 1. The van der Waals surface area contributed by atoms with Gasteiger partial charge in [-0.05, 0) is 36.7 Å². The van der Waals surface area contributed by atoms with E-state index in [9.17, 15) is 19.5 Å². The van der Waals surface area contributed by atoms with E-state index in [2.05, 4.69) is 5.32 Å². The molecule has 2 N–H and O–H groups in total. The van der Waals surface area contributed by atoms with Gasteiger partial charge >= 0.3 is 12.1 Å². The normalized spacial score (nSPS) is 27.6. The average molecular weight is 459 g/mol. The summed E-state index contributed by atoms with van der Waals surface area (Å²) in [5.74, 6) is -0.159. The highest BCUT2D eigenvalue weighted by Crippen LogP contribution is 2.33. The summed E-state index contributed by atoms with van der Waals surface area (Å²) in [6.45, 7) is 7.24. The molecule has 0 saturated carbocycles. The van der Waals surface area contributed by atoms with E-state index >= 15 is 0 Å². The van der Waals surface area contributed by atoms with E-state index in [0.29, 0.717) is 45.4 Å². The number of carboxylic acid groups (broad SMARTS) is 1. The van der Waals surface area contributed by atoms with Gasteiger partial charge in [0, 0.05) is 25.2 Å². The SMILES string of the molecule is CC(C)(C)C1CC(NC(=O)C2CCC3CN2C(=O)N3OCc2ccccc2)CCN1C(=O)O. The molecule has 33 heavy (non-hydrogen) atoms. The van der Waals surface area contributed by atoms with Crippen molar-refractivity contribution < 1.29 is 24.3 Å². The highest BCUT2D eigenvalue weighted by atomic mass is 16.7. The zero-order chi connectivity index (χ0) is 23.8. The lowest BCUT2D eigenvalue weighted by molar-refractivity contribution is -0.140. The zero-order valence-corrected chi connectivity index (χ0v) is 19.6. The Kier molecular flexibility index (Phi) is 6.52. The maximum absolute atomic E-state index is 13.2. The number of piperidine rings is 2. The number of hydrogen-bond donors (Lipinski definition) is 2. The molecule has 4 atom stereocenters. The first-order valence-electron chi connectivity index (χ1n) is 11.7. The molecule has 3 heterocycles. The number of nitrogens with zero attached hydrogens (tertiary/aromatic N) is 3. The lowest BCUT2D eigenvalue weighted by Crippen LogP contribution is -2.58. The molecule has 9 nitrogen and oxygen atoms in total. The van der Waals surface area contributed by atoms with Gasteiger partial charge in [-0.2, -0.15) is 5.06 Å². The van der Waals surface area contributed by atoms with Gasteiger partial charge in [0.05, 0.1) is 6.04 Å². The van der Waals surface area contributed by atoms with Gasteiger partial charge in [-0.25, -0.2) is 9.59 Å². The van der Waals surface area contributed by atoms with Gasteiger partial charge in [0.1, 0.15) is 12.6 Å². The van der Waals surface area contributed by atoms with Crippen LogP contribution in [0.3, 0.4) is 0 Å². The molecule has 1 aromatic rings. The molecular formula is C24H34N4O5. The summed E-state index contributed by atoms with van der Waals surface area (Å²) >= 11 is 0. The molecule has 4 amide bonds. The van der Waals surface area contributed by atoms with Crippen molar-refractivity contribution in [1.29, 1.82) is 0 Å². The van der Waals surface area contributed by atoms with Crippen molar-refractivity contribution in [1.82, 2.24) is 20.2 Å². The molecule has 9 heteroatoms. The number of urea groups is 1. The van der Waals surface area contributed by atoms with Crippen molar-refractivity contribution >= 4 is 18.0 Å². The van der Waals surface area contributed by atoms with E-state index in [4.69, 9.17) is 4.84 Å². The van der Waals surface area contributed by atoms with E-state index in [-0.39, 0.29) is 35.5 Å². The van der Waals surface area contributed by atoms with Crippen molar-refractivity contribution in [2.75, 3.05) is 13.1 Å². The molecule has 0 spiro atoms. The number of carbonyl (C=O) groups is 3. The van der Waals surface area contributed by atoms with Crippen LogP contribution in [-0.4, -0.2) is 75.3 Å². The first kappa shape index (κ1) is 23.4. The number of fused-ring (bicyclic) bond motifs is 2. The largest absolute Gasteiger partial charge is 0.465 e. The van der Waals surface area contributed by atoms with E-state index in [0.717, 1.165) is 5.56 Å². The van der Waals surface area contributed by atoms with Crippen LogP contribution in [-0.2, 0) is 16.2 Å². The summed E-state index contributed by atoms with van der Waals surface area (Å²) in [5, 5.41) is 14.1. The monoisotopic (exact) mass is 458 g/mol. The highest BCUT2D eigenvalue weighted by Gasteiger charge is 2.48. The van der Waals surface area contributed by atoms with E-state index in [1.54, 1.807) is 4.90 Å². The maximum atomic E-state index is 13.2. The molecule has 4 rings (SSSR count). The summed E-state index contributed by atoms with van der Waals surface area (Å²) in [6, 6.07) is 8.56. The topological polar surface area (TPSA) is 102 Å². The second-order valence-electron chi connectivity index (χ2n) is 10.4. The molecule has 1 aromatic carbocycles. The molecule has 3 aliphatic rings. The Morgan fingerprint density at radius 3 is 2.55 bits per heavy atom. The van der Waals surface area contributed by atoms with Gasteiger partial charge in [0.2, 0.25) is 5.91 Å². The molecular weight excluding hydrogens is 424 g/mol. The van der Waals surface area contributed by atoms with Crippen LogP contribution in [0.2, 0.25) is 0 Å². The van der Waals surface area contributed by atoms with Crippen LogP contribution in [0.25, 0.3) is 0 Å². The highest BCUT2D eigenvalue weighted by molar-refractivity contribution is 5.88. The smallest absolute Gasteiger partial charge is 0.407 e. The van der Waals surface area contributed by atoms with Crippen molar-refractivity contribution in [3.63, 3.8) is 0 Å². The van der Waals surface area contributed by atoms with Crippen LogP contribution < -0.4 is 5.32 Å². The number of hydroxylamine groups is 2. The average Bonchev–Trinajstić information content (AvgIpc) is 3.01. The third kappa shape index (κ3) is 4.93. The Morgan fingerprint density at radius 2 is 1.88 bits per heavy atom. The quantitative estimate of drug-likeness (QED) is 0.706. The minimum atomic E-state index is -0.920. The van der Waals surface area contributed by atoms with Crippen molar-refractivity contribution in [3.05, 3.63) is 35.9 Å². The predicted molar refractivity (Wildman–Crippen MR) is 121 cm³/mol. The number of benzene rings is 1. The van der Waals surface area contributed by atoms with Gasteiger partial charge in [-0.1, -0.05) is 51.1 Å². The van der Waals surface area contributed by atoms with Crippen molar-refractivity contribution in [2.45, 2.75) is 77.2 Å². The fourth-order valence-corrected chi connectivity index (χ4v) is 5.23. The third-order valence-corrected chi connectivity index (χ3v) is 7.03. The minimum absolute atomic E-state index is 0.0469. The minimum Gasteiger partial charge on any atom is -0.465 e. The van der Waals surface area contributed by atoms with Gasteiger partial charge in [0.25, 0.3) is 0 Å². The number of carbonyl (C=O) groups excluding carboxylic acids is 2. The molecule has 3 fully saturated rings. The molecule has 0 radical (unpaired) electrons. The summed E-state index contributed by atoms with van der Waals surface area (Å²) in [7, 11) is 0. The number of hydrogen-bond acceptors (Lipinski definition) is 4. The van der Waals surface area contributed by atoms with Gasteiger partial charge < -0.3 is 20.2 Å². The fourth-order valence-electron chi connectivity index (χ4n) is 5.23. The van der Waals surface area contributed by atoms with Crippen LogP contribution >= 0.6 is 0 Å². The first-order valence-corrected chi connectivity index (χ1v) is 11.7. The number of rotatable bonds is 5. The number of amides is 4. The summed E-state index contributed by atoms with van der Waals surface area (Å²) in [4.78, 5) is 46.7. The summed E-state index contributed by atoms with van der Waals surface area (Å²) in [6.07, 6.45) is 1.51. The number of nitrogens with one attached hydrogen (secondary N) is 1. The Balaban J connectivity index is 1.36. The molecule has 0 aliphatic carbocycles. The van der Waals surface area contributed by atoms with E-state index in [1.807, 2.05) is 51.1 Å². The molecule has 4 unspecified atom stereocenters. The molecule has 180 valence electrons. The van der Waals surface area contributed by atoms with Gasteiger partial charge in [-0.3, -0.25) is 9.63 Å². The second kappa shape index (κ2) is 9.21. The van der Waals surface area contributed by atoms with Gasteiger partial charge in [0.15, 0.2) is 0 Å². The fraction of sp³-hybridized carbons (Fsp3) is 0.625. The molecule has 3 aliphatic heterocycles. The van der Waals surface area contributed by atoms with Crippen LogP contribution in [0.5, 0.6) is 0 Å². The Bertz CT molecular complexity index is 887. The second-order valence-corrected chi connectivity index (χ2v) is 10.4. The Labute approximate surface area is 194 Å². The lowest BCUT2D eigenvalue weighted by atomic mass is 9.79. The van der Waals surface area contributed by atoms with E-state index < -0.39 is 12.1 Å². The van der Waals surface area contributed by atoms with E-state index in [1.165, 1.54) is 9.96 Å². The molecule has 0 aromatic heterocycles. The predicted octanol–water partition coefficient (Wildman–Crippen LogP) is 3.06. The van der Waals surface area contributed by atoms with Crippen molar-refractivity contribution in [3.8, 4) is 0 Å². The Morgan fingerprint density at radius 1 is 1.15 bits per heavy atom. The van der Waals surface area contributed by atoms with Crippen LogP contribution in [0.1, 0.15) is 52.0 Å².